The van der Waals surface area contributed by atoms with Gasteiger partial charge in [0, 0.05) is 0 Å². The number of rotatable bonds is 4. The normalized spacial score (nSPS) is 12.4. The van der Waals surface area contributed by atoms with Crippen LogP contribution < -0.4 is 0 Å². The molecule has 3 rings (SSSR count). The minimum atomic E-state index is 0.435. The van der Waals surface area contributed by atoms with Crippen molar-refractivity contribution in [1.29, 1.82) is 5.26 Å². The average molecular weight is 351 g/mol. The first-order chi connectivity index (χ1) is 13.0. The lowest BCUT2D eigenvalue weighted by atomic mass is 9.87. The van der Waals surface area contributed by atoms with Gasteiger partial charge in [-0.3, -0.25) is 0 Å². The van der Waals surface area contributed by atoms with Crippen molar-refractivity contribution < 1.29 is 0 Å². The maximum Gasteiger partial charge on any atom is 0.0991 e. The van der Waals surface area contributed by atoms with Gasteiger partial charge in [-0.1, -0.05) is 74.5 Å². The van der Waals surface area contributed by atoms with E-state index < -0.39 is 0 Å². The number of nitriles is 1. The quantitative estimate of drug-likeness (QED) is 0.451. The first-order valence-electron chi connectivity index (χ1n) is 9.42. The fourth-order valence-electron chi connectivity index (χ4n) is 3.61. The van der Waals surface area contributed by atoms with E-state index in [1.165, 1.54) is 33.0 Å². The van der Waals surface area contributed by atoms with Gasteiger partial charge < -0.3 is 0 Å². The zero-order chi connectivity index (χ0) is 19.4. The van der Waals surface area contributed by atoms with Crippen LogP contribution in [0.15, 0.2) is 72.8 Å². The number of hydrogen-bond acceptors (Lipinski definition) is 1. The highest BCUT2D eigenvalue weighted by Gasteiger charge is 2.13. The monoisotopic (exact) mass is 351 g/mol. The van der Waals surface area contributed by atoms with Gasteiger partial charge in [0.15, 0.2) is 0 Å². The van der Waals surface area contributed by atoms with Gasteiger partial charge in [-0.2, -0.15) is 5.26 Å². The van der Waals surface area contributed by atoms with E-state index in [0.717, 1.165) is 5.56 Å². The molecule has 0 aliphatic carbocycles. The summed E-state index contributed by atoms with van der Waals surface area (Å²) in [7, 11) is 0. The predicted octanol–water partition coefficient (Wildman–Crippen LogP) is 7.34. The minimum absolute atomic E-state index is 0.435. The molecule has 0 spiro atoms. The van der Waals surface area contributed by atoms with E-state index in [0.29, 0.717) is 11.5 Å². The first-order valence-corrected chi connectivity index (χ1v) is 9.42. The third kappa shape index (κ3) is 3.86. The highest BCUT2D eigenvalue weighted by Crippen LogP contribution is 2.34. The Labute approximate surface area is 162 Å². The molecule has 0 radical (unpaired) electrons. The summed E-state index contributed by atoms with van der Waals surface area (Å²) in [5.74, 6) is 0.435. The standard InChI is InChI=1S/C26H25N/c1-5-21(16-19(4)22-12-10-20(17-27)11-13-22)25-15-14-23-8-6-7-9-24(23)26(25)18(2)3/h5-16,18H,1-4H3/b19-16+,21-5+. The second-order valence-electron chi connectivity index (χ2n) is 7.16. The zero-order valence-corrected chi connectivity index (χ0v) is 16.5. The molecular weight excluding hydrogens is 326 g/mol. The van der Waals surface area contributed by atoms with Crippen LogP contribution in [-0.2, 0) is 0 Å². The third-order valence-corrected chi connectivity index (χ3v) is 5.01. The van der Waals surface area contributed by atoms with E-state index in [4.69, 9.17) is 5.26 Å². The van der Waals surface area contributed by atoms with Gasteiger partial charge in [0.05, 0.1) is 11.6 Å². The van der Waals surface area contributed by atoms with Crippen LogP contribution in [-0.4, -0.2) is 0 Å². The van der Waals surface area contributed by atoms with Crippen molar-refractivity contribution >= 4 is 21.9 Å². The van der Waals surface area contributed by atoms with Crippen LogP contribution in [0.5, 0.6) is 0 Å². The van der Waals surface area contributed by atoms with Crippen LogP contribution in [0.25, 0.3) is 21.9 Å². The van der Waals surface area contributed by atoms with Gasteiger partial charge in [0.2, 0.25) is 0 Å². The minimum Gasteiger partial charge on any atom is -0.192 e. The molecule has 0 atom stereocenters. The van der Waals surface area contributed by atoms with Crippen molar-refractivity contribution in [2.24, 2.45) is 0 Å². The Bertz CT molecular complexity index is 1060. The van der Waals surface area contributed by atoms with Crippen LogP contribution in [0.3, 0.4) is 0 Å². The molecular formula is C26H25N. The summed E-state index contributed by atoms with van der Waals surface area (Å²) in [5.41, 5.74) is 6.93. The molecule has 0 fully saturated rings. The van der Waals surface area contributed by atoms with E-state index in [1.54, 1.807) is 0 Å². The summed E-state index contributed by atoms with van der Waals surface area (Å²) in [5, 5.41) is 11.6. The highest BCUT2D eigenvalue weighted by molar-refractivity contribution is 5.94. The molecule has 0 saturated heterocycles. The van der Waals surface area contributed by atoms with Crippen molar-refractivity contribution in [3.8, 4) is 6.07 Å². The van der Waals surface area contributed by atoms with Crippen LogP contribution in [0.2, 0.25) is 0 Å². The van der Waals surface area contributed by atoms with Gasteiger partial charge in [-0.05, 0) is 70.5 Å². The molecule has 0 N–H and O–H groups in total. The molecule has 0 bridgehead atoms. The second-order valence-corrected chi connectivity index (χ2v) is 7.16. The lowest BCUT2D eigenvalue weighted by Crippen LogP contribution is -1.97. The van der Waals surface area contributed by atoms with Crippen LogP contribution in [0.4, 0.5) is 0 Å². The van der Waals surface area contributed by atoms with E-state index in [2.05, 4.69) is 82.3 Å². The summed E-state index contributed by atoms with van der Waals surface area (Å²) in [6.45, 7) is 8.74. The van der Waals surface area contributed by atoms with E-state index in [9.17, 15) is 0 Å². The summed E-state index contributed by atoms with van der Waals surface area (Å²) < 4.78 is 0. The van der Waals surface area contributed by atoms with Crippen molar-refractivity contribution in [3.05, 3.63) is 95.1 Å². The maximum atomic E-state index is 8.99. The van der Waals surface area contributed by atoms with Crippen LogP contribution in [0, 0.1) is 11.3 Å². The Morgan fingerprint density at radius 1 is 0.963 bits per heavy atom. The molecule has 3 aromatic rings. The highest BCUT2D eigenvalue weighted by atomic mass is 14.2. The van der Waals surface area contributed by atoms with Gasteiger partial charge in [-0.25, -0.2) is 0 Å². The van der Waals surface area contributed by atoms with Crippen LogP contribution >= 0.6 is 0 Å². The Morgan fingerprint density at radius 2 is 1.67 bits per heavy atom. The molecule has 1 nitrogen and oxygen atoms in total. The second kappa shape index (κ2) is 8.06. The molecule has 0 amide bonds. The molecule has 134 valence electrons. The molecule has 0 aromatic heterocycles. The Morgan fingerprint density at radius 3 is 2.30 bits per heavy atom. The summed E-state index contributed by atoms with van der Waals surface area (Å²) in [4.78, 5) is 0. The van der Waals surface area contributed by atoms with Gasteiger partial charge in [-0.15, -0.1) is 0 Å². The van der Waals surface area contributed by atoms with Gasteiger partial charge >= 0.3 is 0 Å². The lowest BCUT2D eigenvalue weighted by molar-refractivity contribution is 0.873. The molecule has 0 unspecified atom stereocenters. The Balaban J connectivity index is 2.10. The SMILES string of the molecule is C/C=C(\C=C(/C)c1ccc(C#N)cc1)c1ccc2ccccc2c1C(C)C. The smallest absolute Gasteiger partial charge is 0.0991 e. The predicted molar refractivity (Wildman–Crippen MR) is 116 cm³/mol. The fourth-order valence-corrected chi connectivity index (χ4v) is 3.61. The molecule has 0 aliphatic rings. The molecule has 0 heterocycles. The summed E-state index contributed by atoms with van der Waals surface area (Å²) in [6.07, 6.45) is 4.43. The average Bonchev–Trinajstić information content (AvgIpc) is 2.70. The molecule has 3 aromatic carbocycles. The van der Waals surface area contributed by atoms with Crippen molar-refractivity contribution in [3.63, 3.8) is 0 Å². The number of benzene rings is 3. The van der Waals surface area contributed by atoms with Crippen molar-refractivity contribution in [1.82, 2.24) is 0 Å². The molecule has 0 aliphatic heterocycles. The third-order valence-electron chi connectivity index (χ3n) is 5.01. The molecule has 0 saturated carbocycles. The Kier molecular flexibility index (Phi) is 5.57. The van der Waals surface area contributed by atoms with Gasteiger partial charge in [0.25, 0.3) is 0 Å². The van der Waals surface area contributed by atoms with E-state index >= 15 is 0 Å². The van der Waals surface area contributed by atoms with Crippen LogP contribution in [0.1, 0.15) is 55.9 Å². The van der Waals surface area contributed by atoms with Gasteiger partial charge in [0.1, 0.15) is 0 Å². The van der Waals surface area contributed by atoms with E-state index in [1.807, 2.05) is 24.3 Å². The Hall–Kier alpha value is -3.11. The maximum absolute atomic E-state index is 8.99. The number of allylic oxidation sites excluding steroid dienone is 4. The van der Waals surface area contributed by atoms with Crippen molar-refractivity contribution in [2.75, 3.05) is 0 Å². The topological polar surface area (TPSA) is 23.8 Å². The zero-order valence-electron chi connectivity index (χ0n) is 16.5. The van der Waals surface area contributed by atoms with Crippen molar-refractivity contribution in [2.45, 2.75) is 33.6 Å². The summed E-state index contributed by atoms with van der Waals surface area (Å²) >= 11 is 0. The summed E-state index contributed by atoms with van der Waals surface area (Å²) in [6, 6.07) is 23.0. The van der Waals surface area contributed by atoms with E-state index in [-0.39, 0.29) is 0 Å². The largest absolute Gasteiger partial charge is 0.192 e. The molecule has 27 heavy (non-hydrogen) atoms. The fraction of sp³-hybridized carbons (Fsp3) is 0.192. The first kappa shape index (κ1) is 18.7. The number of fused-ring (bicyclic) bond motifs is 1. The number of nitrogens with zero attached hydrogens (tertiary/aromatic N) is 1. The number of hydrogen-bond donors (Lipinski definition) is 0. The molecule has 1 heteroatoms. The lowest BCUT2D eigenvalue weighted by Gasteiger charge is -2.18.